The molecule has 1 heterocycles. The number of aldehydes is 1. The van der Waals surface area contributed by atoms with Crippen LogP contribution in [0.1, 0.15) is 5.56 Å². The summed E-state index contributed by atoms with van der Waals surface area (Å²) in [7, 11) is 0. The highest BCUT2D eigenvalue weighted by Gasteiger charge is 2.01. The van der Waals surface area contributed by atoms with Crippen molar-refractivity contribution < 1.29 is 4.79 Å². The first-order valence-corrected chi connectivity index (χ1v) is 3.01. The van der Waals surface area contributed by atoms with Gasteiger partial charge in [-0.05, 0) is 12.0 Å². The zero-order chi connectivity index (χ0) is 7.40. The Balaban J connectivity index is 2.47. The molecule has 1 aromatic heterocycles. The summed E-state index contributed by atoms with van der Waals surface area (Å²) in [6.45, 7) is 0. The maximum absolute atomic E-state index is 10.1. The van der Waals surface area contributed by atoms with Crippen molar-refractivity contribution in [3.05, 3.63) is 18.0 Å². The van der Waals surface area contributed by atoms with Crippen molar-refractivity contribution in [3.63, 3.8) is 0 Å². The molecule has 54 valence electrons. The quantitative estimate of drug-likeness (QED) is 0.553. The van der Waals surface area contributed by atoms with Crippen LogP contribution in [0.25, 0.3) is 0 Å². The average molecular weight is 139 g/mol. The molecule has 0 radical (unpaired) electrons. The molecule has 3 N–H and O–H groups in total. The number of rotatable bonds is 3. The van der Waals surface area contributed by atoms with Gasteiger partial charge in [0, 0.05) is 6.20 Å². The van der Waals surface area contributed by atoms with E-state index in [9.17, 15) is 4.79 Å². The SMILES string of the molecule is NC(C=O)Cc1cn[nH]c1. The molecular weight excluding hydrogens is 130 g/mol. The molecule has 0 saturated heterocycles. The molecule has 0 bridgehead atoms. The van der Waals surface area contributed by atoms with Crippen molar-refractivity contribution in [1.29, 1.82) is 0 Å². The normalized spacial score (nSPS) is 12.9. The first-order chi connectivity index (χ1) is 4.83. The first kappa shape index (κ1) is 6.95. The van der Waals surface area contributed by atoms with Gasteiger partial charge in [0.05, 0.1) is 12.2 Å². The molecule has 0 aliphatic heterocycles. The van der Waals surface area contributed by atoms with Gasteiger partial charge < -0.3 is 10.5 Å². The highest BCUT2D eigenvalue weighted by molar-refractivity contribution is 5.57. The van der Waals surface area contributed by atoms with Crippen LogP contribution in [0.3, 0.4) is 0 Å². The standard InChI is InChI=1S/C6H9N3O/c7-6(4-10)1-5-2-8-9-3-5/h2-4,6H,1,7H2,(H,8,9). The van der Waals surface area contributed by atoms with Gasteiger partial charge in [0.1, 0.15) is 6.29 Å². The molecule has 0 aromatic carbocycles. The monoisotopic (exact) mass is 139 g/mol. The molecule has 1 rings (SSSR count). The summed E-state index contributed by atoms with van der Waals surface area (Å²) in [6, 6.07) is -0.405. The van der Waals surface area contributed by atoms with Gasteiger partial charge in [0.2, 0.25) is 0 Å². The van der Waals surface area contributed by atoms with Gasteiger partial charge in [-0.25, -0.2) is 0 Å². The van der Waals surface area contributed by atoms with Gasteiger partial charge in [0.15, 0.2) is 0 Å². The van der Waals surface area contributed by atoms with Crippen molar-refractivity contribution in [2.75, 3.05) is 0 Å². The minimum absolute atomic E-state index is 0.405. The lowest BCUT2D eigenvalue weighted by molar-refractivity contribution is -0.108. The van der Waals surface area contributed by atoms with Crippen LogP contribution in [0.5, 0.6) is 0 Å². The molecule has 0 fully saturated rings. The maximum atomic E-state index is 10.1. The van der Waals surface area contributed by atoms with Crippen LogP contribution in [0.2, 0.25) is 0 Å². The zero-order valence-corrected chi connectivity index (χ0v) is 5.45. The van der Waals surface area contributed by atoms with E-state index in [1.54, 1.807) is 12.4 Å². The third-order valence-corrected chi connectivity index (χ3v) is 1.20. The van der Waals surface area contributed by atoms with E-state index in [0.717, 1.165) is 11.8 Å². The topological polar surface area (TPSA) is 71.8 Å². The summed E-state index contributed by atoms with van der Waals surface area (Å²) < 4.78 is 0. The van der Waals surface area contributed by atoms with Gasteiger partial charge in [-0.1, -0.05) is 0 Å². The summed E-state index contributed by atoms with van der Waals surface area (Å²) in [5.74, 6) is 0. The van der Waals surface area contributed by atoms with Gasteiger partial charge in [0.25, 0.3) is 0 Å². The lowest BCUT2D eigenvalue weighted by atomic mass is 10.1. The van der Waals surface area contributed by atoms with E-state index in [1.165, 1.54) is 0 Å². The molecule has 0 amide bonds. The second-order valence-corrected chi connectivity index (χ2v) is 2.11. The molecule has 0 aliphatic rings. The molecule has 4 heteroatoms. The minimum atomic E-state index is -0.405. The fourth-order valence-corrected chi connectivity index (χ4v) is 0.710. The number of nitrogens with zero attached hydrogens (tertiary/aromatic N) is 1. The van der Waals surface area contributed by atoms with Crippen molar-refractivity contribution >= 4 is 6.29 Å². The molecule has 1 atom stereocenters. The van der Waals surface area contributed by atoms with Crippen LogP contribution in [-0.2, 0) is 11.2 Å². The lowest BCUT2D eigenvalue weighted by Gasteiger charge is -1.97. The minimum Gasteiger partial charge on any atom is -0.321 e. The smallest absolute Gasteiger partial charge is 0.137 e. The summed E-state index contributed by atoms with van der Waals surface area (Å²) >= 11 is 0. The van der Waals surface area contributed by atoms with Crippen molar-refractivity contribution in [1.82, 2.24) is 10.2 Å². The van der Waals surface area contributed by atoms with Crippen molar-refractivity contribution in [2.24, 2.45) is 5.73 Å². The number of carbonyl (C=O) groups excluding carboxylic acids is 1. The van der Waals surface area contributed by atoms with Crippen molar-refractivity contribution in [3.8, 4) is 0 Å². The zero-order valence-electron chi connectivity index (χ0n) is 5.45. The summed E-state index contributed by atoms with van der Waals surface area (Å²) in [5.41, 5.74) is 6.31. The van der Waals surface area contributed by atoms with E-state index in [0.29, 0.717) is 6.42 Å². The van der Waals surface area contributed by atoms with Gasteiger partial charge in [-0.2, -0.15) is 5.10 Å². The average Bonchev–Trinajstić information content (AvgIpc) is 2.40. The molecule has 0 saturated carbocycles. The Bertz CT molecular complexity index is 195. The fourth-order valence-electron chi connectivity index (χ4n) is 0.710. The van der Waals surface area contributed by atoms with E-state index >= 15 is 0 Å². The number of aromatic amines is 1. The Hall–Kier alpha value is -1.16. The third kappa shape index (κ3) is 1.66. The van der Waals surface area contributed by atoms with Crippen LogP contribution in [0.15, 0.2) is 12.4 Å². The van der Waals surface area contributed by atoms with Crippen LogP contribution in [0, 0.1) is 0 Å². The molecule has 0 spiro atoms. The number of aromatic nitrogens is 2. The van der Waals surface area contributed by atoms with E-state index < -0.39 is 6.04 Å². The second kappa shape index (κ2) is 3.12. The Morgan fingerprint density at radius 2 is 2.70 bits per heavy atom. The summed E-state index contributed by atoms with van der Waals surface area (Å²) in [6.07, 6.45) is 4.67. The molecule has 0 aliphatic carbocycles. The second-order valence-electron chi connectivity index (χ2n) is 2.11. The molecular formula is C6H9N3O. The molecule has 4 nitrogen and oxygen atoms in total. The Morgan fingerprint density at radius 1 is 1.90 bits per heavy atom. The van der Waals surface area contributed by atoms with Crippen LogP contribution < -0.4 is 5.73 Å². The largest absolute Gasteiger partial charge is 0.321 e. The Kier molecular flexibility index (Phi) is 2.17. The van der Waals surface area contributed by atoms with Crippen molar-refractivity contribution in [2.45, 2.75) is 12.5 Å². The number of hydrogen-bond donors (Lipinski definition) is 2. The number of H-pyrrole nitrogens is 1. The highest BCUT2D eigenvalue weighted by atomic mass is 16.1. The predicted octanol–water partition coefficient (Wildman–Crippen LogP) is -0.522. The maximum Gasteiger partial charge on any atom is 0.137 e. The highest BCUT2D eigenvalue weighted by Crippen LogP contribution is 1.95. The van der Waals surface area contributed by atoms with Crippen LogP contribution in [0.4, 0.5) is 0 Å². The Morgan fingerprint density at radius 3 is 3.20 bits per heavy atom. The van der Waals surface area contributed by atoms with E-state index in [4.69, 9.17) is 5.73 Å². The molecule has 1 aromatic rings. The third-order valence-electron chi connectivity index (χ3n) is 1.20. The summed E-state index contributed by atoms with van der Waals surface area (Å²) in [5, 5.41) is 6.35. The molecule has 1 unspecified atom stereocenters. The van der Waals surface area contributed by atoms with Gasteiger partial charge >= 0.3 is 0 Å². The number of hydrogen-bond acceptors (Lipinski definition) is 3. The summed E-state index contributed by atoms with van der Waals surface area (Å²) in [4.78, 5) is 10.1. The van der Waals surface area contributed by atoms with Gasteiger partial charge in [-0.3, -0.25) is 5.10 Å². The van der Waals surface area contributed by atoms with Crippen LogP contribution in [-0.4, -0.2) is 22.5 Å². The lowest BCUT2D eigenvalue weighted by Crippen LogP contribution is -2.23. The fraction of sp³-hybridized carbons (Fsp3) is 0.333. The molecule has 10 heavy (non-hydrogen) atoms. The first-order valence-electron chi connectivity index (χ1n) is 3.01. The van der Waals surface area contributed by atoms with E-state index in [2.05, 4.69) is 10.2 Å². The van der Waals surface area contributed by atoms with Gasteiger partial charge in [-0.15, -0.1) is 0 Å². The number of nitrogens with two attached hydrogens (primary N) is 1. The number of nitrogens with one attached hydrogen (secondary N) is 1. The predicted molar refractivity (Wildman–Crippen MR) is 36.3 cm³/mol. The van der Waals surface area contributed by atoms with E-state index in [-0.39, 0.29) is 0 Å². The van der Waals surface area contributed by atoms with Crippen LogP contribution >= 0.6 is 0 Å². The Labute approximate surface area is 58.4 Å². The van der Waals surface area contributed by atoms with E-state index in [1.807, 2.05) is 0 Å². The number of carbonyl (C=O) groups is 1.